The lowest BCUT2D eigenvalue weighted by Gasteiger charge is -2.29. The first kappa shape index (κ1) is 15.8. The van der Waals surface area contributed by atoms with Gasteiger partial charge >= 0.3 is 0 Å². The molecular formula is C15H27ClN4. The standard InChI is InChI=1S/C15H27ClN4/c1-4-13-15(16)14(19(3)18-13)10-17-12(2)11-20-8-6-5-7-9-20/h12,17H,4-11H2,1-3H3. The summed E-state index contributed by atoms with van der Waals surface area (Å²) >= 11 is 6.37. The Kier molecular flexibility index (Phi) is 5.87. The molecule has 0 spiro atoms. The largest absolute Gasteiger partial charge is 0.307 e. The van der Waals surface area contributed by atoms with Gasteiger partial charge in [-0.3, -0.25) is 4.68 Å². The molecule has 1 N–H and O–H groups in total. The second kappa shape index (κ2) is 7.43. The van der Waals surface area contributed by atoms with Gasteiger partial charge in [0, 0.05) is 26.2 Å². The van der Waals surface area contributed by atoms with Crippen LogP contribution in [0.1, 0.15) is 44.5 Å². The lowest BCUT2D eigenvalue weighted by atomic mass is 10.1. The number of hydrogen-bond acceptors (Lipinski definition) is 3. The van der Waals surface area contributed by atoms with E-state index in [0.29, 0.717) is 6.04 Å². The second-order valence-electron chi connectivity index (χ2n) is 5.83. The molecule has 0 amide bonds. The first-order valence-corrected chi connectivity index (χ1v) is 8.15. The van der Waals surface area contributed by atoms with Crippen molar-refractivity contribution in [1.82, 2.24) is 20.0 Å². The average molecular weight is 299 g/mol. The van der Waals surface area contributed by atoms with E-state index in [1.165, 1.54) is 32.4 Å². The summed E-state index contributed by atoms with van der Waals surface area (Å²) in [5.74, 6) is 0. The molecule has 0 aromatic carbocycles. The van der Waals surface area contributed by atoms with Crippen LogP contribution in [0.15, 0.2) is 0 Å². The molecule has 0 bridgehead atoms. The Hall–Kier alpha value is -0.580. The minimum atomic E-state index is 0.476. The van der Waals surface area contributed by atoms with Gasteiger partial charge in [0.2, 0.25) is 0 Å². The van der Waals surface area contributed by atoms with Crippen LogP contribution < -0.4 is 5.32 Å². The van der Waals surface area contributed by atoms with Gasteiger partial charge in [-0.2, -0.15) is 5.10 Å². The van der Waals surface area contributed by atoms with E-state index in [4.69, 9.17) is 11.6 Å². The van der Waals surface area contributed by atoms with Crippen molar-refractivity contribution in [3.8, 4) is 0 Å². The SMILES string of the molecule is CCc1nn(C)c(CNC(C)CN2CCCCC2)c1Cl. The fourth-order valence-corrected chi connectivity index (χ4v) is 3.24. The molecule has 1 aromatic heterocycles. The summed E-state index contributed by atoms with van der Waals surface area (Å²) in [6.07, 6.45) is 4.97. The van der Waals surface area contributed by atoms with Crippen LogP contribution in [-0.4, -0.2) is 40.4 Å². The van der Waals surface area contributed by atoms with E-state index >= 15 is 0 Å². The molecule has 1 aromatic rings. The van der Waals surface area contributed by atoms with Crippen molar-refractivity contribution in [3.63, 3.8) is 0 Å². The van der Waals surface area contributed by atoms with Gasteiger partial charge in [-0.05, 0) is 39.3 Å². The highest BCUT2D eigenvalue weighted by Crippen LogP contribution is 2.20. The molecule has 1 aliphatic heterocycles. The van der Waals surface area contributed by atoms with Crippen LogP contribution >= 0.6 is 11.6 Å². The zero-order valence-corrected chi connectivity index (χ0v) is 13.7. The predicted molar refractivity (Wildman–Crippen MR) is 84.2 cm³/mol. The third-order valence-electron chi connectivity index (χ3n) is 4.10. The molecule has 0 aliphatic carbocycles. The highest BCUT2D eigenvalue weighted by atomic mass is 35.5. The Labute approximate surface area is 127 Å². The molecular weight excluding hydrogens is 272 g/mol. The van der Waals surface area contributed by atoms with Gasteiger partial charge in [0.25, 0.3) is 0 Å². The van der Waals surface area contributed by atoms with E-state index in [1.807, 2.05) is 11.7 Å². The summed E-state index contributed by atoms with van der Waals surface area (Å²) in [5.41, 5.74) is 2.09. The van der Waals surface area contributed by atoms with E-state index in [-0.39, 0.29) is 0 Å². The first-order valence-electron chi connectivity index (χ1n) is 7.77. The van der Waals surface area contributed by atoms with Crippen LogP contribution in [0.25, 0.3) is 0 Å². The lowest BCUT2D eigenvalue weighted by Crippen LogP contribution is -2.41. The lowest BCUT2D eigenvalue weighted by molar-refractivity contribution is 0.208. The van der Waals surface area contributed by atoms with Crippen LogP contribution in [0.2, 0.25) is 5.02 Å². The Morgan fingerprint density at radius 3 is 2.60 bits per heavy atom. The van der Waals surface area contributed by atoms with Gasteiger partial charge in [-0.1, -0.05) is 24.9 Å². The summed E-state index contributed by atoms with van der Waals surface area (Å²) < 4.78 is 1.90. The summed E-state index contributed by atoms with van der Waals surface area (Å²) in [6, 6.07) is 0.476. The summed E-state index contributed by atoms with van der Waals surface area (Å²) in [6.45, 7) is 8.74. The molecule has 0 saturated carbocycles. The Morgan fingerprint density at radius 2 is 2.00 bits per heavy atom. The van der Waals surface area contributed by atoms with E-state index in [2.05, 4.69) is 29.2 Å². The van der Waals surface area contributed by atoms with E-state index in [0.717, 1.165) is 35.9 Å². The zero-order chi connectivity index (χ0) is 14.5. The molecule has 1 unspecified atom stereocenters. The van der Waals surface area contributed by atoms with Gasteiger partial charge < -0.3 is 10.2 Å². The topological polar surface area (TPSA) is 33.1 Å². The number of nitrogens with one attached hydrogen (secondary N) is 1. The molecule has 1 aliphatic rings. The van der Waals surface area contributed by atoms with Crippen LogP contribution in [0.5, 0.6) is 0 Å². The number of likely N-dealkylation sites (tertiary alicyclic amines) is 1. The van der Waals surface area contributed by atoms with Crippen molar-refractivity contribution in [3.05, 3.63) is 16.4 Å². The number of hydrogen-bond donors (Lipinski definition) is 1. The van der Waals surface area contributed by atoms with Crippen molar-refractivity contribution in [2.24, 2.45) is 7.05 Å². The number of nitrogens with zero attached hydrogens (tertiary/aromatic N) is 3. The predicted octanol–water partition coefficient (Wildman–Crippen LogP) is 2.60. The van der Waals surface area contributed by atoms with E-state index in [1.54, 1.807) is 0 Å². The fourth-order valence-electron chi connectivity index (χ4n) is 2.88. The molecule has 20 heavy (non-hydrogen) atoms. The number of aromatic nitrogens is 2. The second-order valence-corrected chi connectivity index (χ2v) is 6.21. The molecule has 1 saturated heterocycles. The van der Waals surface area contributed by atoms with E-state index in [9.17, 15) is 0 Å². The van der Waals surface area contributed by atoms with Crippen LogP contribution in [-0.2, 0) is 20.0 Å². The maximum atomic E-state index is 6.37. The Bertz CT molecular complexity index is 424. The first-order chi connectivity index (χ1) is 9.61. The summed E-state index contributed by atoms with van der Waals surface area (Å²) in [7, 11) is 1.97. The fraction of sp³-hybridized carbons (Fsp3) is 0.800. The molecule has 5 heteroatoms. The van der Waals surface area contributed by atoms with Crippen molar-refractivity contribution in [1.29, 1.82) is 0 Å². The van der Waals surface area contributed by atoms with Crippen molar-refractivity contribution < 1.29 is 0 Å². The highest BCUT2D eigenvalue weighted by Gasteiger charge is 2.16. The van der Waals surface area contributed by atoms with E-state index < -0.39 is 0 Å². The zero-order valence-electron chi connectivity index (χ0n) is 13.0. The molecule has 1 atom stereocenters. The third kappa shape index (κ3) is 3.96. The Morgan fingerprint density at radius 1 is 1.30 bits per heavy atom. The number of rotatable bonds is 6. The van der Waals surface area contributed by atoms with Crippen molar-refractivity contribution >= 4 is 11.6 Å². The molecule has 2 heterocycles. The monoisotopic (exact) mass is 298 g/mol. The molecule has 2 rings (SSSR count). The number of aryl methyl sites for hydroxylation is 2. The molecule has 114 valence electrons. The van der Waals surface area contributed by atoms with Crippen LogP contribution in [0.4, 0.5) is 0 Å². The van der Waals surface area contributed by atoms with Crippen molar-refractivity contribution in [2.75, 3.05) is 19.6 Å². The summed E-state index contributed by atoms with van der Waals surface area (Å²) in [4.78, 5) is 2.56. The van der Waals surface area contributed by atoms with Gasteiger partial charge in [0.15, 0.2) is 0 Å². The molecule has 0 radical (unpaired) electrons. The third-order valence-corrected chi connectivity index (χ3v) is 4.54. The van der Waals surface area contributed by atoms with Gasteiger partial charge in [-0.25, -0.2) is 0 Å². The smallest absolute Gasteiger partial charge is 0.0863 e. The minimum absolute atomic E-state index is 0.476. The van der Waals surface area contributed by atoms with Crippen molar-refractivity contribution in [2.45, 2.75) is 52.1 Å². The normalized spacial score (nSPS) is 18.4. The number of halogens is 1. The minimum Gasteiger partial charge on any atom is -0.307 e. The van der Waals surface area contributed by atoms with Crippen LogP contribution in [0.3, 0.4) is 0 Å². The highest BCUT2D eigenvalue weighted by molar-refractivity contribution is 6.31. The maximum absolute atomic E-state index is 6.37. The molecule has 1 fully saturated rings. The van der Waals surface area contributed by atoms with Gasteiger partial charge in [-0.15, -0.1) is 0 Å². The van der Waals surface area contributed by atoms with Gasteiger partial charge in [0.1, 0.15) is 0 Å². The van der Waals surface area contributed by atoms with Crippen LogP contribution in [0, 0.1) is 0 Å². The Balaban J connectivity index is 1.83. The maximum Gasteiger partial charge on any atom is 0.0863 e. The molecule has 4 nitrogen and oxygen atoms in total. The average Bonchev–Trinajstić information content (AvgIpc) is 2.72. The quantitative estimate of drug-likeness (QED) is 0.876. The number of piperidine rings is 1. The van der Waals surface area contributed by atoms with Gasteiger partial charge in [0.05, 0.1) is 16.4 Å². The summed E-state index contributed by atoms with van der Waals surface area (Å²) in [5, 5.41) is 8.86.